The second-order valence-corrected chi connectivity index (χ2v) is 6.85. The number of nitrogens with zero attached hydrogens (tertiary/aromatic N) is 1. The number of carbonyl (C=O) groups is 2. The number of hydrogen-bond donors (Lipinski definition) is 1. The highest BCUT2D eigenvalue weighted by Crippen LogP contribution is 2.64. The second kappa shape index (κ2) is 6.15. The van der Waals surface area contributed by atoms with Crippen LogP contribution in [-0.4, -0.2) is 22.8 Å². The van der Waals surface area contributed by atoms with Crippen molar-refractivity contribution in [3.05, 3.63) is 29.8 Å². The maximum atomic E-state index is 11.8. The molecule has 1 aliphatic rings. The van der Waals surface area contributed by atoms with Crippen molar-refractivity contribution in [3.63, 3.8) is 0 Å². The van der Waals surface area contributed by atoms with E-state index in [2.05, 4.69) is 5.32 Å². The summed E-state index contributed by atoms with van der Waals surface area (Å²) in [7, 11) is 0. The molecular formula is C15H14Cl2N2O3. The maximum Gasteiger partial charge on any atom is 0.315 e. The van der Waals surface area contributed by atoms with Crippen LogP contribution < -0.4 is 5.32 Å². The lowest BCUT2D eigenvalue weighted by atomic mass is 10.1. The number of ether oxygens (including phenoxy) is 1. The Morgan fingerprint density at radius 2 is 1.95 bits per heavy atom. The summed E-state index contributed by atoms with van der Waals surface area (Å²) in [5.41, 5.74) is 0.466. The molecule has 0 heterocycles. The number of alkyl halides is 2. The summed E-state index contributed by atoms with van der Waals surface area (Å²) in [4.78, 5) is 23.5. The molecule has 1 amide bonds. The summed E-state index contributed by atoms with van der Waals surface area (Å²) in [6.45, 7) is 1.19. The minimum atomic E-state index is -1.11. The smallest absolute Gasteiger partial charge is 0.315 e. The monoisotopic (exact) mass is 340 g/mol. The van der Waals surface area contributed by atoms with E-state index in [4.69, 9.17) is 33.2 Å². The number of hydrogen-bond acceptors (Lipinski definition) is 4. The number of anilines is 1. The van der Waals surface area contributed by atoms with Crippen LogP contribution in [0.25, 0.3) is 0 Å². The minimum absolute atomic E-state index is 0.309. The summed E-state index contributed by atoms with van der Waals surface area (Å²) < 4.78 is 3.82. The van der Waals surface area contributed by atoms with Gasteiger partial charge in [0.1, 0.15) is 9.75 Å². The highest BCUT2D eigenvalue weighted by molar-refractivity contribution is 6.53. The van der Waals surface area contributed by atoms with E-state index >= 15 is 0 Å². The first-order valence-corrected chi connectivity index (χ1v) is 7.35. The zero-order valence-electron chi connectivity index (χ0n) is 11.9. The highest BCUT2D eigenvalue weighted by atomic mass is 35.5. The van der Waals surface area contributed by atoms with Crippen LogP contribution in [0.2, 0.25) is 0 Å². The fourth-order valence-electron chi connectivity index (χ4n) is 1.91. The molecule has 0 aliphatic heterocycles. The largest absolute Gasteiger partial charge is 0.455 e. The Balaban J connectivity index is 1.81. The molecule has 1 N–H and O–H groups in total. The zero-order valence-corrected chi connectivity index (χ0v) is 13.4. The number of nitriles is 1. The lowest BCUT2D eigenvalue weighted by Gasteiger charge is -2.12. The van der Waals surface area contributed by atoms with Crippen molar-refractivity contribution in [1.29, 1.82) is 5.26 Å². The fourth-order valence-corrected chi connectivity index (χ4v) is 2.59. The molecule has 7 heteroatoms. The van der Waals surface area contributed by atoms with Gasteiger partial charge in [-0.15, -0.1) is 23.2 Å². The molecular weight excluding hydrogens is 327 g/mol. The van der Waals surface area contributed by atoms with Crippen LogP contribution in [0.1, 0.15) is 18.9 Å². The van der Waals surface area contributed by atoms with Crippen LogP contribution in [0, 0.1) is 16.7 Å². The maximum absolute atomic E-state index is 11.8. The van der Waals surface area contributed by atoms with E-state index in [1.165, 1.54) is 0 Å². The lowest BCUT2D eigenvalue weighted by Crippen LogP contribution is -2.26. The lowest BCUT2D eigenvalue weighted by molar-refractivity contribution is -0.152. The van der Waals surface area contributed by atoms with Crippen molar-refractivity contribution < 1.29 is 14.3 Å². The number of nitrogens with one attached hydrogen (secondary N) is 1. The molecule has 0 saturated heterocycles. The Bertz CT molecular complexity index is 637. The molecule has 116 valence electrons. The molecule has 1 aromatic rings. The van der Waals surface area contributed by atoms with E-state index in [9.17, 15) is 9.59 Å². The standard InChI is InChI=1S/C15H14Cl2N2O3/c1-14(9-15(14,16)17)13(21)22-8-12(20)19-11-4-2-10(3-5-11)6-7-18/h2-5H,6,8-9H2,1H3,(H,19,20)/t14-/m1/s1. The van der Waals surface area contributed by atoms with Gasteiger partial charge in [-0.25, -0.2) is 0 Å². The summed E-state index contributed by atoms with van der Waals surface area (Å²) >= 11 is 11.7. The van der Waals surface area contributed by atoms with Gasteiger partial charge in [0.2, 0.25) is 0 Å². The Labute approximate surface area is 138 Å². The van der Waals surface area contributed by atoms with Gasteiger partial charge in [-0.2, -0.15) is 5.26 Å². The molecule has 1 atom stereocenters. The van der Waals surface area contributed by atoms with Crippen molar-refractivity contribution >= 4 is 40.8 Å². The molecule has 2 rings (SSSR count). The Morgan fingerprint density at radius 1 is 1.36 bits per heavy atom. The Kier molecular flexibility index (Phi) is 4.64. The Hall–Kier alpha value is -1.77. The normalized spacial score (nSPS) is 21.5. The van der Waals surface area contributed by atoms with Gasteiger partial charge < -0.3 is 10.1 Å². The van der Waals surface area contributed by atoms with Crippen molar-refractivity contribution in [1.82, 2.24) is 0 Å². The summed E-state index contributed by atoms with van der Waals surface area (Å²) in [5.74, 6) is -1.04. The van der Waals surface area contributed by atoms with Gasteiger partial charge in [0.25, 0.3) is 5.91 Å². The quantitative estimate of drug-likeness (QED) is 0.660. The SMILES string of the molecule is C[C@]1(C(=O)OCC(=O)Nc2ccc(CC#N)cc2)CC1(Cl)Cl. The number of benzene rings is 1. The van der Waals surface area contributed by atoms with Gasteiger partial charge in [-0.3, -0.25) is 9.59 Å². The molecule has 1 aliphatic carbocycles. The highest BCUT2D eigenvalue weighted by Gasteiger charge is 2.69. The molecule has 0 spiro atoms. The van der Waals surface area contributed by atoms with Gasteiger partial charge >= 0.3 is 5.97 Å². The van der Waals surface area contributed by atoms with Gasteiger partial charge in [-0.05, 0) is 24.6 Å². The first-order valence-electron chi connectivity index (χ1n) is 6.59. The van der Waals surface area contributed by atoms with Crippen LogP contribution in [-0.2, 0) is 20.7 Å². The molecule has 0 unspecified atom stereocenters. The van der Waals surface area contributed by atoms with E-state index < -0.39 is 28.2 Å². The summed E-state index contributed by atoms with van der Waals surface area (Å²) in [6.07, 6.45) is 0.618. The van der Waals surface area contributed by atoms with Crippen molar-refractivity contribution in [2.45, 2.75) is 24.1 Å². The minimum Gasteiger partial charge on any atom is -0.455 e. The third-order valence-electron chi connectivity index (χ3n) is 3.56. The van der Waals surface area contributed by atoms with Gasteiger partial charge in [0, 0.05) is 12.1 Å². The third kappa shape index (κ3) is 3.52. The molecule has 5 nitrogen and oxygen atoms in total. The number of esters is 1. The number of halogens is 2. The molecule has 1 aromatic carbocycles. The van der Waals surface area contributed by atoms with Gasteiger partial charge in [0.15, 0.2) is 6.61 Å². The summed E-state index contributed by atoms with van der Waals surface area (Å²) in [6, 6.07) is 8.88. The van der Waals surface area contributed by atoms with Crippen molar-refractivity contribution in [2.24, 2.45) is 5.41 Å². The van der Waals surface area contributed by atoms with Crippen LogP contribution >= 0.6 is 23.2 Å². The van der Waals surface area contributed by atoms with Crippen LogP contribution in [0.5, 0.6) is 0 Å². The van der Waals surface area contributed by atoms with Gasteiger partial charge in [0.05, 0.1) is 12.5 Å². The molecule has 1 fully saturated rings. The average Bonchev–Trinajstić information content (AvgIpc) is 2.99. The molecule has 0 radical (unpaired) electrons. The molecule has 1 saturated carbocycles. The third-order valence-corrected chi connectivity index (χ3v) is 4.67. The van der Waals surface area contributed by atoms with E-state index in [0.717, 1.165) is 5.56 Å². The van der Waals surface area contributed by atoms with Crippen LogP contribution in [0.15, 0.2) is 24.3 Å². The second-order valence-electron chi connectivity index (χ2n) is 5.37. The van der Waals surface area contributed by atoms with E-state index in [1.807, 2.05) is 6.07 Å². The van der Waals surface area contributed by atoms with Gasteiger partial charge in [-0.1, -0.05) is 12.1 Å². The van der Waals surface area contributed by atoms with E-state index in [0.29, 0.717) is 18.5 Å². The zero-order chi connectivity index (χ0) is 16.4. The fraction of sp³-hybridized carbons (Fsp3) is 0.400. The van der Waals surface area contributed by atoms with Crippen LogP contribution in [0.3, 0.4) is 0 Å². The Morgan fingerprint density at radius 3 is 2.45 bits per heavy atom. The van der Waals surface area contributed by atoms with Crippen molar-refractivity contribution in [2.75, 3.05) is 11.9 Å². The topological polar surface area (TPSA) is 79.2 Å². The first kappa shape index (κ1) is 16.6. The predicted molar refractivity (Wildman–Crippen MR) is 82.5 cm³/mol. The van der Waals surface area contributed by atoms with Crippen LogP contribution in [0.4, 0.5) is 5.69 Å². The van der Waals surface area contributed by atoms with E-state index in [1.54, 1.807) is 31.2 Å². The first-order chi connectivity index (χ1) is 10.3. The summed E-state index contributed by atoms with van der Waals surface area (Å²) in [5, 5.41) is 11.2. The van der Waals surface area contributed by atoms with E-state index in [-0.39, 0.29) is 0 Å². The average molecular weight is 341 g/mol. The molecule has 22 heavy (non-hydrogen) atoms. The number of rotatable bonds is 5. The predicted octanol–water partition coefficient (Wildman–Crippen LogP) is 2.82. The number of carbonyl (C=O) groups excluding carboxylic acids is 2. The number of amides is 1. The molecule has 0 bridgehead atoms. The van der Waals surface area contributed by atoms with Crippen molar-refractivity contribution in [3.8, 4) is 6.07 Å². The molecule has 0 aromatic heterocycles.